The standard InChI is InChI=1S/C15H21ClN2S/c1-18(14-6-7-19-10-14)15-8-12(16)3-2-11(15)9-17-13-4-5-13/h2-3,8,13-14,17H,4-7,9-10H2,1H3. The molecule has 1 aromatic rings. The summed E-state index contributed by atoms with van der Waals surface area (Å²) in [6, 6.07) is 7.70. The molecule has 1 saturated carbocycles. The van der Waals surface area contributed by atoms with E-state index in [1.807, 2.05) is 6.07 Å². The molecule has 2 fully saturated rings. The number of nitrogens with one attached hydrogen (secondary N) is 1. The Kier molecular flexibility index (Phi) is 4.25. The summed E-state index contributed by atoms with van der Waals surface area (Å²) in [4.78, 5) is 2.43. The second-order valence-electron chi connectivity index (χ2n) is 5.56. The first kappa shape index (κ1) is 13.6. The normalized spacial score (nSPS) is 22.7. The Bertz CT molecular complexity index is 442. The molecular formula is C15H21ClN2S. The molecule has 0 amide bonds. The summed E-state index contributed by atoms with van der Waals surface area (Å²) >= 11 is 8.24. The fourth-order valence-electron chi connectivity index (χ4n) is 2.58. The van der Waals surface area contributed by atoms with Gasteiger partial charge in [-0.3, -0.25) is 0 Å². The summed E-state index contributed by atoms with van der Waals surface area (Å²) in [7, 11) is 2.21. The molecular weight excluding hydrogens is 276 g/mol. The van der Waals surface area contributed by atoms with Gasteiger partial charge >= 0.3 is 0 Å². The minimum Gasteiger partial charge on any atom is -0.370 e. The Balaban J connectivity index is 1.77. The van der Waals surface area contributed by atoms with Crippen molar-refractivity contribution in [1.29, 1.82) is 0 Å². The minimum absolute atomic E-state index is 0.656. The first-order chi connectivity index (χ1) is 9.24. The summed E-state index contributed by atoms with van der Waals surface area (Å²) in [5, 5.41) is 4.44. The molecule has 1 aliphatic carbocycles. The Morgan fingerprint density at radius 2 is 2.21 bits per heavy atom. The molecule has 1 aliphatic heterocycles. The van der Waals surface area contributed by atoms with Crippen LogP contribution in [0.25, 0.3) is 0 Å². The number of halogens is 1. The molecule has 104 valence electrons. The third-order valence-corrected chi connectivity index (χ3v) is 5.42. The van der Waals surface area contributed by atoms with Crippen LogP contribution in [0.15, 0.2) is 18.2 Å². The van der Waals surface area contributed by atoms with Crippen LogP contribution in [0.2, 0.25) is 5.02 Å². The predicted octanol–water partition coefficient (Wildman–Crippen LogP) is 3.53. The second-order valence-corrected chi connectivity index (χ2v) is 7.14. The maximum Gasteiger partial charge on any atom is 0.0426 e. The van der Waals surface area contributed by atoms with Crippen LogP contribution in [0.5, 0.6) is 0 Å². The van der Waals surface area contributed by atoms with E-state index >= 15 is 0 Å². The lowest BCUT2D eigenvalue weighted by atomic mass is 10.1. The van der Waals surface area contributed by atoms with Gasteiger partial charge in [-0.25, -0.2) is 0 Å². The molecule has 1 N–H and O–H groups in total. The van der Waals surface area contributed by atoms with Gasteiger partial charge in [0.05, 0.1) is 0 Å². The van der Waals surface area contributed by atoms with Crippen molar-refractivity contribution in [2.75, 3.05) is 23.5 Å². The van der Waals surface area contributed by atoms with Gasteiger partial charge in [0, 0.05) is 42.1 Å². The zero-order chi connectivity index (χ0) is 13.2. The van der Waals surface area contributed by atoms with Crippen LogP contribution >= 0.6 is 23.4 Å². The summed E-state index contributed by atoms with van der Waals surface area (Å²) in [6.45, 7) is 0.960. The van der Waals surface area contributed by atoms with Crippen LogP contribution in [0, 0.1) is 0 Å². The van der Waals surface area contributed by atoms with E-state index in [2.05, 4.69) is 41.2 Å². The van der Waals surface area contributed by atoms with E-state index in [4.69, 9.17) is 11.6 Å². The number of anilines is 1. The van der Waals surface area contributed by atoms with Crippen molar-refractivity contribution in [2.45, 2.75) is 37.9 Å². The number of hydrogen-bond donors (Lipinski definition) is 1. The van der Waals surface area contributed by atoms with Crippen LogP contribution < -0.4 is 10.2 Å². The van der Waals surface area contributed by atoms with Crippen LogP contribution in [0.1, 0.15) is 24.8 Å². The first-order valence-electron chi connectivity index (χ1n) is 7.06. The maximum atomic E-state index is 6.19. The summed E-state index contributed by atoms with van der Waals surface area (Å²) in [6.07, 6.45) is 3.94. The van der Waals surface area contributed by atoms with Crippen molar-refractivity contribution in [3.05, 3.63) is 28.8 Å². The van der Waals surface area contributed by atoms with Gasteiger partial charge in [-0.05, 0) is 42.7 Å². The van der Waals surface area contributed by atoms with E-state index in [0.29, 0.717) is 6.04 Å². The number of thioether (sulfide) groups is 1. The molecule has 19 heavy (non-hydrogen) atoms. The van der Waals surface area contributed by atoms with E-state index in [1.165, 1.54) is 42.0 Å². The van der Waals surface area contributed by atoms with Gasteiger partial charge in [0.25, 0.3) is 0 Å². The van der Waals surface area contributed by atoms with Gasteiger partial charge in [-0.1, -0.05) is 17.7 Å². The smallest absolute Gasteiger partial charge is 0.0426 e. The molecule has 1 saturated heterocycles. The van der Waals surface area contributed by atoms with E-state index < -0.39 is 0 Å². The molecule has 0 bridgehead atoms. The highest BCUT2D eigenvalue weighted by Crippen LogP contribution is 2.31. The van der Waals surface area contributed by atoms with Crippen molar-refractivity contribution >= 4 is 29.1 Å². The summed E-state index contributed by atoms with van der Waals surface area (Å²) < 4.78 is 0. The third kappa shape index (κ3) is 3.39. The highest BCUT2D eigenvalue weighted by molar-refractivity contribution is 7.99. The molecule has 0 spiro atoms. The maximum absolute atomic E-state index is 6.19. The Morgan fingerprint density at radius 1 is 1.37 bits per heavy atom. The zero-order valence-electron chi connectivity index (χ0n) is 11.4. The molecule has 1 heterocycles. The molecule has 2 nitrogen and oxygen atoms in total. The van der Waals surface area contributed by atoms with Crippen LogP contribution in [0.3, 0.4) is 0 Å². The number of nitrogens with zero attached hydrogens (tertiary/aromatic N) is 1. The van der Waals surface area contributed by atoms with Gasteiger partial charge in [-0.15, -0.1) is 0 Å². The zero-order valence-corrected chi connectivity index (χ0v) is 12.9. The molecule has 1 unspecified atom stereocenters. The molecule has 0 aromatic heterocycles. The molecule has 1 aromatic carbocycles. The van der Waals surface area contributed by atoms with Crippen LogP contribution in [0.4, 0.5) is 5.69 Å². The largest absolute Gasteiger partial charge is 0.370 e. The number of benzene rings is 1. The van der Waals surface area contributed by atoms with E-state index in [9.17, 15) is 0 Å². The molecule has 1 atom stereocenters. The van der Waals surface area contributed by atoms with Crippen LogP contribution in [-0.2, 0) is 6.54 Å². The van der Waals surface area contributed by atoms with Gasteiger partial charge in [-0.2, -0.15) is 11.8 Å². The predicted molar refractivity (Wildman–Crippen MR) is 85.4 cm³/mol. The van der Waals surface area contributed by atoms with Gasteiger partial charge in [0.1, 0.15) is 0 Å². The van der Waals surface area contributed by atoms with Crippen molar-refractivity contribution in [1.82, 2.24) is 5.32 Å². The van der Waals surface area contributed by atoms with E-state index in [1.54, 1.807) is 0 Å². The highest BCUT2D eigenvalue weighted by atomic mass is 35.5. The average Bonchev–Trinajstić information content (AvgIpc) is 3.08. The van der Waals surface area contributed by atoms with E-state index in [0.717, 1.165) is 17.6 Å². The first-order valence-corrected chi connectivity index (χ1v) is 8.59. The lowest BCUT2D eigenvalue weighted by Crippen LogP contribution is -2.32. The fourth-order valence-corrected chi connectivity index (χ4v) is 4.01. The number of rotatable bonds is 5. The van der Waals surface area contributed by atoms with Crippen molar-refractivity contribution in [3.63, 3.8) is 0 Å². The molecule has 0 radical (unpaired) electrons. The summed E-state index contributed by atoms with van der Waals surface area (Å²) in [5.74, 6) is 2.52. The second kappa shape index (κ2) is 5.94. The quantitative estimate of drug-likeness (QED) is 0.895. The number of hydrogen-bond acceptors (Lipinski definition) is 3. The van der Waals surface area contributed by atoms with Gasteiger partial charge in [0.15, 0.2) is 0 Å². The van der Waals surface area contributed by atoms with Crippen molar-refractivity contribution in [2.24, 2.45) is 0 Å². The topological polar surface area (TPSA) is 15.3 Å². The van der Waals surface area contributed by atoms with Crippen molar-refractivity contribution in [3.8, 4) is 0 Å². The van der Waals surface area contributed by atoms with Gasteiger partial charge < -0.3 is 10.2 Å². The summed E-state index contributed by atoms with van der Waals surface area (Å²) in [5.41, 5.74) is 2.67. The minimum atomic E-state index is 0.656. The monoisotopic (exact) mass is 296 g/mol. The van der Waals surface area contributed by atoms with Crippen molar-refractivity contribution < 1.29 is 0 Å². The lowest BCUT2D eigenvalue weighted by molar-refractivity contribution is 0.669. The molecule has 4 heteroatoms. The van der Waals surface area contributed by atoms with E-state index in [-0.39, 0.29) is 0 Å². The SMILES string of the molecule is CN(c1cc(Cl)ccc1CNC1CC1)C1CCSC1. The lowest BCUT2D eigenvalue weighted by Gasteiger charge is -2.28. The van der Waals surface area contributed by atoms with Gasteiger partial charge in [0.2, 0.25) is 0 Å². The Hall–Kier alpha value is -0.380. The Morgan fingerprint density at radius 3 is 2.89 bits per heavy atom. The average molecular weight is 297 g/mol. The molecule has 2 aliphatic rings. The van der Waals surface area contributed by atoms with Crippen LogP contribution in [-0.4, -0.2) is 30.6 Å². The Labute approximate surface area is 124 Å². The molecule has 3 rings (SSSR count). The highest BCUT2D eigenvalue weighted by Gasteiger charge is 2.24. The third-order valence-electron chi connectivity index (χ3n) is 4.04. The fraction of sp³-hybridized carbons (Fsp3) is 0.600.